The van der Waals surface area contributed by atoms with E-state index in [1.165, 1.54) is 6.26 Å². The maximum atomic E-state index is 12.3. The number of aliphatic hydroxyl groups excluding tert-OH is 1. The summed E-state index contributed by atoms with van der Waals surface area (Å²) in [4.78, 5) is 18.7. The Kier molecular flexibility index (Phi) is 4.74. The van der Waals surface area contributed by atoms with Crippen LogP contribution in [-0.4, -0.2) is 35.6 Å². The molecular formula is C15H19N3O3S. The van der Waals surface area contributed by atoms with Gasteiger partial charge in [0.25, 0.3) is 0 Å². The highest BCUT2D eigenvalue weighted by atomic mass is 32.1. The normalized spacial score (nSPS) is 19.9. The number of thiazole rings is 1. The quantitative estimate of drug-likeness (QED) is 0.878. The van der Waals surface area contributed by atoms with Crippen LogP contribution in [-0.2, 0) is 4.79 Å². The summed E-state index contributed by atoms with van der Waals surface area (Å²) in [6.45, 7) is 1.78. The van der Waals surface area contributed by atoms with E-state index in [-0.39, 0.29) is 18.4 Å². The molecule has 3 rings (SSSR count). The number of amides is 1. The van der Waals surface area contributed by atoms with Crippen LogP contribution in [0.3, 0.4) is 0 Å². The standard InChI is InChI=1S/C15H19N3O3S/c19-12(13-4-2-7-21-13)9-17-14(20)11-3-1-6-18(10-11)15-16-5-8-22-15/h2,4-5,7-8,11-12,19H,1,3,6,9-10H2,(H,17,20). The van der Waals surface area contributed by atoms with Crippen molar-refractivity contribution in [3.05, 3.63) is 35.7 Å². The number of anilines is 1. The molecule has 2 aromatic rings. The Bertz CT molecular complexity index is 585. The highest BCUT2D eigenvalue weighted by Crippen LogP contribution is 2.25. The van der Waals surface area contributed by atoms with Gasteiger partial charge in [-0.25, -0.2) is 4.98 Å². The molecule has 2 aromatic heterocycles. The van der Waals surface area contributed by atoms with Gasteiger partial charge in [-0.3, -0.25) is 4.79 Å². The number of hydrogen-bond acceptors (Lipinski definition) is 6. The lowest BCUT2D eigenvalue weighted by molar-refractivity contribution is -0.125. The number of hydrogen-bond donors (Lipinski definition) is 2. The van der Waals surface area contributed by atoms with Crippen molar-refractivity contribution in [3.8, 4) is 0 Å². The van der Waals surface area contributed by atoms with Crippen LogP contribution >= 0.6 is 11.3 Å². The summed E-state index contributed by atoms with van der Waals surface area (Å²) >= 11 is 1.59. The number of furan rings is 1. The SMILES string of the molecule is O=C(NCC(O)c1ccco1)C1CCCN(c2nccs2)C1. The first kappa shape index (κ1) is 15.1. The fourth-order valence-electron chi connectivity index (χ4n) is 2.66. The second kappa shape index (κ2) is 6.93. The summed E-state index contributed by atoms with van der Waals surface area (Å²) < 4.78 is 5.12. The van der Waals surface area contributed by atoms with Gasteiger partial charge in [0.15, 0.2) is 5.13 Å². The maximum Gasteiger partial charge on any atom is 0.225 e. The van der Waals surface area contributed by atoms with Crippen molar-refractivity contribution in [1.82, 2.24) is 10.3 Å². The Morgan fingerprint density at radius 1 is 1.64 bits per heavy atom. The topological polar surface area (TPSA) is 78.6 Å². The number of nitrogens with zero attached hydrogens (tertiary/aromatic N) is 2. The fourth-order valence-corrected chi connectivity index (χ4v) is 3.34. The molecule has 118 valence electrons. The van der Waals surface area contributed by atoms with Gasteiger partial charge in [0.1, 0.15) is 11.9 Å². The van der Waals surface area contributed by atoms with Gasteiger partial charge in [0, 0.05) is 24.7 Å². The van der Waals surface area contributed by atoms with Gasteiger partial charge in [-0.2, -0.15) is 0 Å². The van der Waals surface area contributed by atoms with Gasteiger partial charge in [0.2, 0.25) is 5.91 Å². The van der Waals surface area contributed by atoms with Gasteiger partial charge >= 0.3 is 0 Å². The molecule has 0 aromatic carbocycles. The molecule has 2 unspecified atom stereocenters. The smallest absolute Gasteiger partial charge is 0.225 e. The van der Waals surface area contributed by atoms with E-state index in [2.05, 4.69) is 15.2 Å². The molecule has 0 spiro atoms. The van der Waals surface area contributed by atoms with Crippen LogP contribution in [0.25, 0.3) is 0 Å². The molecular weight excluding hydrogens is 302 g/mol. The van der Waals surface area contributed by atoms with Crippen LogP contribution < -0.4 is 10.2 Å². The summed E-state index contributed by atoms with van der Waals surface area (Å²) in [5.41, 5.74) is 0. The van der Waals surface area contributed by atoms with E-state index in [1.807, 2.05) is 5.38 Å². The molecule has 3 heterocycles. The molecule has 0 aliphatic carbocycles. The Labute approximate surface area is 132 Å². The highest BCUT2D eigenvalue weighted by molar-refractivity contribution is 7.13. The zero-order chi connectivity index (χ0) is 15.4. The summed E-state index contributed by atoms with van der Waals surface area (Å²) in [6.07, 6.45) is 4.32. The van der Waals surface area contributed by atoms with Crippen LogP contribution in [0.1, 0.15) is 24.7 Å². The van der Waals surface area contributed by atoms with E-state index in [0.29, 0.717) is 12.3 Å². The van der Waals surface area contributed by atoms with Crippen LogP contribution in [0.2, 0.25) is 0 Å². The molecule has 1 aliphatic rings. The lowest BCUT2D eigenvalue weighted by Gasteiger charge is -2.31. The lowest BCUT2D eigenvalue weighted by atomic mass is 9.97. The van der Waals surface area contributed by atoms with E-state index in [1.54, 1.807) is 29.7 Å². The zero-order valence-electron chi connectivity index (χ0n) is 12.1. The zero-order valence-corrected chi connectivity index (χ0v) is 13.0. The Balaban J connectivity index is 1.51. The number of nitrogens with one attached hydrogen (secondary N) is 1. The third-order valence-electron chi connectivity index (χ3n) is 3.82. The van der Waals surface area contributed by atoms with Gasteiger partial charge in [-0.05, 0) is 25.0 Å². The first-order valence-corrected chi connectivity index (χ1v) is 8.25. The minimum absolute atomic E-state index is 0.0214. The largest absolute Gasteiger partial charge is 0.467 e. The number of aromatic nitrogens is 1. The Morgan fingerprint density at radius 2 is 2.55 bits per heavy atom. The van der Waals surface area contributed by atoms with Crippen LogP contribution in [0.5, 0.6) is 0 Å². The molecule has 6 nitrogen and oxygen atoms in total. The second-order valence-corrected chi connectivity index (χ2v) is 6.25. The van der Waals surface area contributed by atoms with Crippen molar-refractivity contribution < 1.29 is 14.3 Å². The molecule has 1 amide bonds. The van der Waals surface area contributed by atoms with Crippen molar-refractivity contribution in [1.29, 1.82) is 0 Å². The third-order valence-corrected chi connectivity index (χ3v) is 4.66. The van der Waals surface area contributed by atoms with Crippen molar-refractivity contribution in [2.75, 3.05) is 24.5 Å². The van der Waals surface area contributed by atoms with Gasteiger partial charge in [-0.15, -0.1) is 11.3 Å². The van der Waals surface area contributed by atoms with E-state index in [9.17, 15) is 9.90 Å². The maximum absolute atomic E-state index is 12.3. The van der Waals surface area contributed by atoms with Crippen molar-refractivity contribution in [2.24, 2.45) is 5.92 Å². The third kappa shape index (κ3) is 3.48. The molecule has 1 fully saturated rings. The van der Waals surface area contributed by atoms with Crippen LogP contribution in [0.15, 0.2) is 34.4 Å². The Morgan fingerprint density at radius 3 is 3.27 bits per heavy atom. The van der Waals surface area contributed by atoms with E-state index < -0.39 is 6.10 Å². The van der Waals surface area contributed by atoms with Gasteiger partial charge in [-0.1, -0.05) is 0 Å². The van der Waals surface area contributed by atoms with Crippen molar-refractivity contribution in [2.45, 2.75) is 18.9 Å². The van der Waals surface area contributed by atoms with Crippen LogP contribution in [0.4, 0.5) is 5.13 Å². The first-order chi connectivity index (χ1) is 10.7. The Hall–Kier alpha value is -1.86. The predicted octanol–water partition coefficient (Wildman–Crippen LogP) is 1.80. The predicted molar refractivity (Wildman–Crippen MR) is 83.7 cm³/mol. The fraction of sp³-hybridized carbons (Fsp3) is 0.467. The molecule has 0 saturated carbocycles. The average molecular weight is 321 g/mol. The lowest BCUT2D eigenvalue weighted by Crippen LogP contribution is -2.44. The molecule has 2 N–H and O–H groups in total. The van der Waals surface area contributed by atoms with Gasteiger partial charge < -0.3 is 19.7 Å². The highest BCUT2D eigenvalue weighted by Gasteiger charge is 2.27. The molecule has 7 heteroatoms. The summed E-state index contributed by atoms with van der Waals surface area (Å²) in [7, 11) is 0. The number of piperidine rings is 1. The monoisotopic (exact) mass is 321 g/mol. The second-order valence-electron chi connectivity index (χ2n) is 5.38. The average Bonchev–Trinajstić information content (AvgIpc) is 3.25. The number of aliphatic hydroxyl groups is 1. The summed E-state index contributed by atoms with van der Waals surface area (Å²) in [5, 5.41) is 15.7. The molecule has 0 radical (unpaired) electrons. The van der Waals surface area contributed by atoms with Gasteiger partial charge in [0.05, 0.1) is 18.7 Å². The van der Waals surface area contributed by atoms with E-state index in [4.69, 9.17) is 4.42 Å². The summed E-state index contributed by atoms with van der Waals surface area (Å²) in [6, 6.07) is 3.41. The minimum Gasteiger partial charge on any atom is -0.467 e. The number of carbonyl (C=O) groups excluding carboxylic acids is 1. The molecule has 22 heavy (non-hydrogen) atoms. The first-order valence-electron chi connectivity index (χ1n) is 7.37. The minimum atomic E-state index is -0.808. The molecule has 1 saturated heterocycles. The molecule has 2 atom stereocenters. The van der Waals surface area contributed by atoms with E-state index in [0.717, 1.165) is 24.5 Å². The molecule has 0 bridgehead atoms. The van der Waals surface area contributed by atoms with Crippen molar-refractivity contribution >= 4 is 22.4 Å². The van der Waals surface area contributed by atoms with Crippen LogP contribution in [0, 0.1) is 5.92 Å². The van der Waals surface area contributed by atoms with E-state index >= 15 is 0 Å². The number of carbonyl (C=O) groups is 1. The molecule has 1 aliphatic heterocycles. The number of rotatable bonds is 5. The summed E-state index contributed by atoms with van der Waals surface area (Å²) in [5.74, 6) is 0.377. The van der Waals surface area contributed by atoms with Crippen molar-refractivity contribution in [3.63, 3.8) is 0 Å².